The Labute approximate surface area is 187 Å². The highest BCUT2D eigenvalue weighted by atomic mass is 19.4. The summed E-state index contributed by atoms with van der Waals surface area (Å²) in [7, 11) is 1.10. The van der Waals surface area contributed by atoms with E-state index in [9.17, 15) is 18.0 Å². The quantitative estimate of drug-likeness (QED) is 0.725. The molecular weight excluding hydrogens is 445 g/mol. The Hall–Kier alpha value is -3.19. The van der Waals surface area contributed by atoms with Crippen LogP contribution < -0.4 is 15.1 Å². The van der Waals surface area contributed by atoms with Gasteiger partial charge in [-0.2, -0.15) is 13.2 Å². The van der Waals surface area contributed by atoms with Crippen LogP contribution in [0, 0.1) is 0 Å². The molecule has 0 unspecified atom stereocenters. The van der Waals surface area contributed by atoms with Crippen LogP contribution in [0.5, 0.6) is 0 Å². The topological polar surface area (TPSA) is 102 Å². The Balaban J connectivity index is 1.79. The third-order valence-electron chi connectivity index (χ3n) is 5.24. The molecule has 2 aliphatic heterocycles. The van der Waals surface area contributed by atoms with Crippen molar-refractivity contribution in [3.63, 3.8) is 0 Å². The first-order valence-corrected chi connectivity index (χ1v) is 10.3. The zero-order valence-electron chi connectivity index (χ0n) is 17.9. The number of carbonyl (C=O) groups excluding carboxylic acids is 1. The lowest BCUT2D eigenvalue weighted by atomic mass is 10.1. The summed E-state index contributed by atoms with van der Waals surface area (Å²) < 4.78 is 57.1. The monoisotopic (exact) mass is 468 g/mol. The van der Waals surface area contributed by atoms with Crippen LogP contribution in [-0.4, -0.2) is 80.8 Å². The molecule has 0 atom stereocenters. The van der Waals surface area contributed by atoms with Gasteiger partial charge in [-0.3, -0.25) is 5.32 Å². The van der Waals surface area contributed by atoms with Crippen molar-refractivity contribution in [1.29, 1.82) is 0 Å². The molecule has 0 spiro atoms. The minimum absolute atomic E-state index is 0.107. The number of halogens is 3. The fraction of sp³-hybridized carbons (Fsp3) is 0.500. The van der Waals surface area contributed by atoms with E-state index in [4.69, 9.17) is 9.47 Å². The van der Waals surface area contributed by atoms with Gasteiger partial charge in [0.05, 0.1) is 44.7 Å². The lowest BCUT2D eigenvalue weighted by molar-refractivity contribution is -0.137. The number of carbonyl (C=O) groups is 1. The largest absolute Gasteiger partial charge is 0.453 e. The molecule has 10 nitrogen and oxygen atoms in total. The number of morpholine rings is 2. The molecule has 2 aliphatic rings. The van der Waals surface area contributed by atoms with Crippen molar-refractivity contribution < 1.29 is 32.2 Å². The second kappa shape index (κ2) is 9.75. The Morgan fingerprint density at radius 1 is 1.00 bits per heavy atom. The van der Waals surface area contributed by atoms with E-state index in [-0.39, 0.29) is 17.2 Å². The lowest BCUT2D eigenvalue weighted by Crippen LogP contribution is -2.39. The van der Waals surface area contributed by atoms with Crippen LogP contribution in [0.2, 0.25) is 0 Å². The predicted molar refractivity (Wildman–Crippen MR) is 112 cm³/mol. The van der Waals surface area contributed by atoms with Crippen LogP contribution in [-0.2, 0) is 20.4 Å². The third kappa shape index (κ3) is 5.42. The Bertz CT molecular complexity index is 958. The average molecular weight is 468 g/mol. The summed E-state index contributed by atoms with van der Waals surface area (Å²) in [4.78, 5) is 28.2. The van der Waals surface area contributed by atoms with Crippen LogP contribution in [0.1, 0.15) is 5.56 Å². The minimum Gasteiger partial charge on any atom is -0.453 e. The summed E-state index contributed by atoms with van der Waals surface area (Å²) in [6.45, 7) is 4.23. The van der Waals surface area contributed by atoms with Crippen molar-refractivity contribution in [2.45, 2.75) is 6.18 Å². The summed E-state index contributed by atoms with van der Waals surface area (Å²) in [6, 6.07) is 2.51. The summed E-state index contributed by atoms with van der Waals surface area (Å²) in [6.07, 6.45) is -4.65. The number of amides is 1. The van der Waals surface area contributed by atoms with Gasteiger partial charge in [0, 0.05) is 38.4 Å². The van der Waals surface area contributed by atoms with Crippen molar-refractivity contribution in [2.24, 2.45) is 0 Å². The van der Waals surface area contributed by atoms with Crippen LogP contribution in [0.3, 0.4) is 0 Å². The molecule has 0 aliphatic carbocycles. The molecule has 4 rings (SSSR count). The molecular formula is C20H23F3N6O4. The van der Waals surface area contributed by atoms with Gasteiger partial charge in [-0.25, -0.2) is 19.7 Å². The molecule has 0 saturated carbocycles. The molecule has 4 heterocycles. The van der Waals surface area contributed by atoms with E-state index in [0.717, 1.165) is 19.4 Å². The molecule has 1 amide bonds. The van der Waals surface area contributed by atoms with E-state index >= 15 is 0 Å². The number of pyridine rings is 1. The lowest BCUT2D eigenvalue weighted by Gasteiger charge is -2.31. The van der Waals surface area contributed by atoms with Gasteiger partial charge in [0.25, 0.3) is 0 Å². The fourth-order valence-electron chi connectivity index (χ4n) is 3.54. The number of ether oxygens (including phenoxy) is 3. The van der Waals surface area contributed by atoms with Gasteiger partial charge in [-0.1, -0.05) is 0 Å². The molecule has 0 aromatic carbocycles. The van der Waals surface area contributed by atoms with E-state index in [1.54, 1.807) is 6.07 Å². The van der Waals surface area contributed by atoms with E-state index in [1.165, 1.54) is 0 Å². The van der Waals surface area contributed by atoms with Gasteiger partial charge < -0.3 is 24.0 Å². The van der Waals surface area contributed by atoms with Gasteiger partial charge in [-0.05, 0) is 6.07 Å². The molecule has 0 radical (unpaired) electrons. The highest BCUT2D eigenvalue weighted by Crippen LogP contribution is 2.38. The normalized spacial score (nSPS) is 17.1. The van der Waals surface area contributed by atoms with Crippen molar-refractivity contribution in [1.82, 2.24) is 15.0 Å². The van der Waals surface area contributed by atoms with Gasteiger partial charge in [0.2, 0.25) is 0 Å². The average Bonchev–Trinajstić information content (AvgIpc) is 2.84. The maximum Gasteiger partial charge on any atom is 0.417 e. The standard InChI is InChI=1S/C20H23F3N6O4/c1-31-19(30)25-15-10-14(20(21,22)23)13(12-24-15)18-26-16(28-2-6-32-7-3-28)11-17(27-18)29-4-8-33-9-5-29/h10-12H,2-9H2,1H3,(H,24,25,30). The zero-order chi connectivity index (χ0) is 23.4. The number of hydrogen-bond donors (Lipinski definition) is 1. The number of anilines is 3. The van der Waals surface area contributed by atoms with Gasteiger partial charge in [0.1, 0.15) is 17.5 Å². The molecule has 2 fully saturated rings. The summed E-state index contributed by atoms with van der Waals surface area (Å²) in [5.74, 6) is 0.616. The predicted octanol–water partition coefficient (Wildman–Crippen LogP) is 2.41. The molecule has 1 N–H and O–H groups in total. The maximum absolute atomic E-state index is 14.0. The number of nitrogens with one attached hydrogen (secondary N) is 1. The smallest absolute Gasteiger partial charge is 0.417 e. The third-order valence-corrected chi connectivity index (χ3v) is 5.24. The highest BCUT2D eigenvalue weighted by Gasteiger charge is 2.36. The van der Waals surface area contributed by atoms with Crippen LogP contribution in [0.25, 0.3) is 11.4 Å². The van der Waals surface area contributed by atoms with E-state index in [0.29, 0.717) is 64.2 Å². The molecule has 13 heteroatoms. The molecule has 0 bridgehead atoms. The number of alkyl halides is 3. The summed E-state index contributed by atoms with van der Waals surface area (Å²) >= 11 is 0. The molecule has 33 heavy (non-hydrogen) atoms. The fourth-order valence-corrected chi connectivity index (χ4v) is 3.54. The van der Waals surface area contributed by atoms with Crippen LogP contribution in [0.15, 0.2) is 18.3 Å². The second-order valence-electron chi connectivity index (χ2n) is 7.34. The van der Waals surface area contributed by atoms with Gasteiger partial charge in [-0.15, -0.1) is 0 Å². The SMILES string of the molecule is COC(=O)Nc1cc(C(F)(F)F)c(-c2nc(N3CCOCC3)cc(N3CCOCC3)n2)cn1. The first-order valence-electron chi connectivity index (χ1n) is 10.3. The number of methoxy groups -OCH3 is 1. The number of hydrogen-bond acceptors (Lipinski definition) is 9. The van der Waals surface area contributed by atoms with E-state index < -0.39 is 17.8 Å². The number of aromatic nitrogens is 3. The van der Waals surface area contributed by atoms with E-state index in [1.807, 2.05) is 9.80 Å². The first-order chi connectivity index (χ1) is 15.8. The van der Waals surface area contributed by atoms with Gasteiger partial charge >= 0.3 is 12.3 Å². The van der Waals surface area contributed by atoms with Gasteiger partial charge in [0.15, 0.2) is 5.82 Å². The molecule has 2 aromatic rings. The Morgan fingerprint density at radius 3 is 2.03 bits per heavy atom. The van der Waals surface area contributed by atoms with Crippen molar-refractivity contribution >= 4 is 23.5 Å². The molecule has 178 valence electrons. The maximum atomic E-state index is 14.0. The van der Waals surface area contributed by atoms with Crippen LogP contribution in [0.4, 0.5) is 35.4 Å². The minimum atomic E-state index is -4.73. The van der Waals surface area contributed by atoms with E-state index in [2.05, 4.69) is 25.0 Å². The number of rotatable bonds is 4. The van der Waals surface area contributed by atoms with Crippen molar-refractivity contribution in [3.8, 4) is 11.4 Å². The first kappa shape index (κ1) is 23.0. The van der Waals surface area contributed by atoms with Crippen molar-refractivity contribution in [2.75, 3.05) is 74.8 Å². The summed E-state index contributed by atoms with van der Waals surface area (Å²) in [5.41, 5.74) is -1.31. The molecule has 2 aromatic heterocycles. The second-order valence-corrected chi connectivity index (χ2v) is 7.34. The summed E-state index contributed by atoms with van der Waals surface area (Å²) in [5, 5.41) is 2.15. The highest BCUT2D eigenvalue weighted by molar-refractivity contribution is 5.83. The number of nitrogens with zero attached hydrogens (tertiary/aromatic N) is 5. The molecule has 2 saturated heterocycles. The Kier molecular flexibility index (Phi) is 6.79. The van der Waals surface area contributed by atoms with Crippen LogP contribution >= 0.6 is 0 Å². The zero-order valence-corrected chi connectivity index (χ0v) is 17.9. The van der Waals surface area contributed by atoms with Crippen molar-refractivity contribution in [3.05, 3.63) is 23.9 Å². The Morgan fingerprint density at radius 2 is 1.55 bits per heavy atom.